The van der Waals surface area contributed by atoms with Crippen LogP contribution in [0.2, 0.25) is 0 Å². The molecular formula is C15H16OS3. The van der Waals surface area contributed by atoms with Crippen LogP contribution >= 0.6 is 35.7 Å². The van der Waals surface area contributed by atoms with Gasteiger partial charge in [-0.2, -0.15) is 10.9 Å². The largest absolute Gasteiger partial charge is 0.497 e. The van der Waals surface area contributed by atoms with Gasteiger partial charge in [-0.3, -0.25) is 0 Å². The molecule has 2 rings (SSSR count). The average molecular weight is 308 g/mol. The third-order valence-electron chi connectivity index (χ3n) is 2.80. The molecule has 0 aliphatic carbocycles. The summed E-state index contributed by atoms with van der Waals surface area (Å²) >= 11 is 9.73. The first-order chi connectivity index (χ1) is 9.20. The monoisotopic (exact) mass is 308 g/mol. The Labute approximate surface area is 127 Å². The first-order valence-electron chi connectivity index (χ1n) is 5.89. The SMILES string of the molecule is COc1ccc([SH](Cc2ccccc2)C(=S)S)cc1. The Hall–Kier alpha value is -0.970. The number of hydrogen-bond donors (Lipinski definition) is 2. The molecule has 2 aromatic carbocycles. The zero-order valence-corrected chi connectivity index (χ0v) is 13.2. The molecule has 0 amide bonds. The Morgan fingerprint density at radius 2 is 1.74 bits per heavy atom. The van der Waals surface area contributed by atoms with Crippen LogP contribution in [-0.2, 0) is 5.75 Å². The number of rotatable bonds is 4. The Bertz CT molecular complexity index is 537. The molecule has 100 valence electrons. The molecule has 0 saturated carbocycles. The van der Waals surface area contributed by atoms with Gasteiger partial charge in [0.1, 0.15) is 5.75 Å². The van der Waals surface area contributed by atoms with E-state index >= 15 is 0 Å². The van der Waals surface area contributed by atoms with Gasteiger partial charge in [0.15, 0.2) is 0 Å². The lowest BCUT2D eigenvalue weighted by Gasteiger charge is -2.20. The summed E-state index contributed by atoms with van der Waals surface area (Å²) in [6.45, 7) is 0. The topological polar surface area (TPSA) is 9.23 Å². The van der Waals surface area contributed by atoms with Crippen molar-refractivity contribution >= 4 is 39.3 Å². The molecule has 1 unspecified atom stereocenters. The van der Waals surface area contributed by atoms with Crippen LogP contribution in [0.1, 0.15) is 5.56 Å². The van der Waals surface area contributed by atoms with E-state index < -0.39 is 10.9 Å². The predicted octanol–water partition coefficient (Wildman–Crippen LogP) is 4.47. The maximum absolute atomic E-state index is 5.32. The van der Waals surface area contributed by atoms with Crippen molar-refractivity contribution in [1.82, 2.24) is 0 Å². The van der Waals surface area contributed by atoms with Crippen LogP contribution in [0.5, 0.6) is 5.75 Å². The molecule has 0 saturated heterocycles. The van der Waals surface area contributed by atoms with E-state index in [-0.39, 0.29) is 0 Å². The molecule has 0 aliphatic rings. The summed E-state index contributed by atoms with van der Waals surface area (Å²) in [6, 6.07) is 18.5. The fourth-order valence-electron chi connectivity index (χ4n) is 1.80. The standard InChI is InChI=1S/C15H16OS3/c1-16-13-7-9-14(10-8-13)19(15(17)18)11-12-5-3-2-4-6-12/h2-10,19H,11H2,1H3,(H,17,18). The number of benzene rings is 2. The van der Waals surface area contributed by atoms with E-state index in [0.29, 0.717) is 0 Å². The van der Waals surface area contributed by atoms with E-state index in [0.717, 1.165) is 15.0 Å². The predicted molar refractivity (Wildman–Crippen MR) is 92.0 cm³/mol. The Balaban J connectivity index is 2.22. The second-order valence-electron chi connectivity index (χ2n) is 4.05. The van der Waals surface area contributed by atoms with E-state index in [4.69, 9.17) is 17.0 Å². The summed E-state index contributed by atoms with van der Waals surface area (Å²) in [4.78, 5) is 1.24. The van der Waals surface area contributed by atoms with E-state index in [2.05, 4.69) is 49.0 Å². The molecule has 0 fully saturated rings. The first-order valence-corrected chi connectivity index (χ1v) is 8.27. The maximum atomic E-state index is 5.32. The normalized spacial score (nSPS) is 12.8. The summed E-state index contributed by atoms with van der Waals surface area (Å²) in [5.41, 5.74) is 1.29. The number of hydrogen-bond acceptors (Lipinski definition) is 2. The zero-order chi connectivity index (χ0) is 13.7. The van der Waals surface area contributed by atoms with Crippen molar-refractivity contribution in [1.29, 1.82) is 0 Å². The van der Waals surface area contributed by atoms with Crippen LogP contribution in [0, 0.1) is 0 Å². The lowest BCUT2D eigenvalue weighted by atomic mass is 10.2. The van der Waals surface area contributed by atoms with Gasteiger partial charge >= 0.3 is 0 Å². The van der Waals surface area contributed by atoms with Crippen molar-refractivity contribution in [3.8, 4) is 5.75 Å². The fraction of sp³-hybridized carbons (Fsp3) is 0.133. The van der Waals surface area contributed by atoms with Crippen LogP contribution in [0.3, 0.4) is 0 Å². The third kappa shape index (κ3) is 4.00. The van der Waals surface area contributed by atoms with E-state index in [1.54, 1.807) is 7.11 Å². The lowest BCUT2D eigenvalue weighted by Crippen LogP contribution is -1.95. The summed E-state index contributed by atoms with van der Waals surface area (Å²) in [6.07, 6.45) is 0. The highest BCUT2D eigenvalue weighted by molar-refractivity contribution is 8.49. The molecule has 0 spiro atoms. The van der Waals surface area contributed by atoms with Gasteiger partial charge in [0.05, 0.1) is 10.6 Å². The molecule has 0 heterocycles. The van der Waals surface area contributed by atoms with Crippen molar-refractivity contribution in [2.24, 2.45) is 0 Å². The Kier molecular flexibility index (Phi) is 5.31. The molecule has 4 heteroatoms. The minimum atomic E-state index is -0.568. The van der Waals surface area contributed by atoms with E-state index in [1.807, 2.05) is 18.2 Å². The molecule has 1 atom stereocenters. The first kappa shape index (κ1) is 14.4. The minimum Gasteiger partial charge on any atom is -0.497 e. The second-order valence-corrected chi connectivity index (χ2v) is 8.00. The molecule has 0 aliphatic heterocycles. The highest BCUT2D eigenvalue weighted by Crippen LogP contribution is 2.42. The zero-order valence-electron chi connectivity index (χ0n) is 10.6. The van der Waals surface area contributed by atoms with Gasteiger partial charge in [-0.25, -0.2) is 0 Å². The fourth-order valence-corrected chi connectivity index (χ4v) is 4.49. The number of thiocarbonyl (C=S) groups is 1. The molecule has 0 bridgehead atoms. The van der Waals surface area contributed by atoms with Gasteiger partial charge in [0.25, 0.3) is 0 Å². The summed E-state index contributed by atoms with van der Waals surface area (Å²) in [5, 5.41) is 0. The Morgan fingerprint density at radius 3 is 2.26 bits per heavy atom. The van der Waals surface area contributed by atoms with Crippen molar-refractivity contribution in [2.75, 3.05) is 7.11 Å². The number of methoxy groups -OCH3 is 1. The van der Waals surface area contributed by atoms with E-state index in [1.165, 1.54) is 10.5 Å². The van der Waals surface area contributed by atoms with Gasteiger partial charge in [-0.05, 0) is 34.7 Å². The number of thiol groups is 2. The van der Waals surface area contributed by atoms with Crippen molar-refractivity contribution in [3.63, 3.8) is 0 Å². The summed E-state index contributed by atoms with van der Waals surface area (Å²) in [7, 11) is 1.10. The van der Waals surface area contributed by atoms with Crippen molar-refractivity contribution < 1.29 is 4.74 Å². The van der Waals surface area contributed by atoms with Crippen molar-refractivity contribution in [2.45, 2.75) is 10.6 Å². The maximum Gasteiger partial charge on any atom is 0.118 e. The van der Waals surface area contributed by atoms with Gasteiger partial charge in [-0.1, -0.05) is 42.5 Å². The summed E-state index contributed by atoms with van der Waals surface area (Å²) in [5.74, 6) is 1.80. The molecule has 0 N–H and O–H groups in total. The van der Waals surface area contributed by atoms with Crippen LogP contribution in [0.4, 0.5) is 0 Å². The van der Waals surface area contributed by atoms with Crippen molar-refractivity contribution in [3.05, 3.63) is 60.2 Å². The van der Waals surface area contributed by atoms with Gasteiger partial charge in [-0.15, -0.1) is 12.6 Å². The van der Waals surface area contributed by atoms with Crippen LogP contribution in [-0.4, -0.2) is 10.6 Å². The van der Waals surface area contributed by atoms with Gasteiger partial charge in [0, 0.05) is 5.75 Å². The molecule has 2 aromatic rings. The molecule has 0 aromatic heterocycles. The lowest BCUT2D eigenvalue weighted by molar-refractivity contribution is 0.414. The smallest absolute Gasteiger partial charge is 0.118 e. The highest BCUT2D eigenvalue weighted by atomic mass is 32.3. The van der Waals surface area contributed by atoms with Crippen LogP contribution in [0.25, 0.3) is 0 Å². The van der Waals surface area contributed by atoms with Gasteiger partial charge in [0.2, 0.25) is 0 Å². The quantitative estimate of drug-likeness (QED) is 0.637. The Morgan fingerprint density at radius 1 is 1.11 bits per heavy atom. The third-order valence-corrected chi connectivity index (χ3v) is 6.25. The van der Waals surface area contributed by atoms with Crippen LogP contribution < -0.4 is 4.74 Å². The van der Waals surface area contributed by atoms with E-state index in [9.17, 15) is 0 Å². The average Bonchev–Trinajstić information content (AvgIpc) is 2.46. The second kappa shape index (κ2) is 6.98. The summed E-state index contributed by atoms with van der Waals surface area (Å²) < 4.78 is 5.96. The molecule has 19 heavy (non-hydrogen) atoms. The molecular weight excluding hydrogens is 292 g/mol. The van der Waals surface area contributed by atoms with Gasteiger partial charge < -0.3 is 4.74 Å². The molecule has 0 radical (unpaired) electrons. The minimum absolute atomic E-state index is 0.568. The van der Waals surface area contributed by atoms with Crippen LogP contribution in [0.15, 0.2) is 59.5 Å². The number of ether oxygens (including phenoxy) is 1. The highest BCUT2D eigenvalue weighted by Gasteiger charge is 2.11. The molecule has 1 nitrogen and oxygen atoms in total.